The Labute approximate surface area is 189 Å². The zero-order chi connectivity index (χ0) is 21.7. The van der Waals surface area contributed by atoms with E-state index in [4.69, 9.17) is 44.3 Å². The van der Waals surface area contributed by atoms with Crippen LogP contribution < -0.4 is 14.8 Å². The van der Waals surface area contributed by atoms with Gasteiger partial charge in [0.15, 0.2) is 17.2 Å². The number of phenolic OH excluding ortho intramolecular Hbond substituents is 1. The van der Waals surface area contributed by atoms with E-state index in [9.17, 15) is 9.50 Å². The normalized spacial score (nSPS) is 10.7. The number of aromatic hydroxyl groups is 1. The van der Waals surface area contributed by atoms with E-state index in [1.165, 1.54) is 6.07 Å². The molecule has 0 fully saturated rings. The van der Waals surface area contributed by atoms with Crippen LogP contribution in [0.25, 0.3) is 0 Å². The van der Waals surface area contributed by atoms with Gasteiger partial charge in [0.05, 0.1) is 16.7 Å². The summed E-state index contributed by atoms with van der Waals surface area (Å²) in [6, 6.07) is 12.9. The summed E-state index contributed by atoms with van der Waals surface area (Å²) in [5.74, 6) is 0.409. The van der Waals surface area contributed by atoms with Gasteiger partial charge in [0, 0.05) is 28.9 Å². The number of phenols is 1. The Balaban J connectivity index is 1.78. The first-order valence-corrected chi connectivity index (χ1v) is 10.3. The fraction of sp³-hybridized carbons (Fsp3) is 0.182. The van der Waals surface area contributed by atoms with Gasteiger partial charge in [-0.2, -0.15) is 0 Å². The minimum atomic E-state index is -0.339. The molecule has 3 aromatic rings. The maximum absolute atomic E-state index is 13.8. The van der Waals surface area contributed by atoms with E-state index in [1.54, 1.807) is 42.5 Å². The molecule has 0 unspecified atom stereocenters. The Bertz CT molecular complexity index is 1020. The van der Waals surface area contributed by atoms with Crippen LogP contribution in [0, 0.1) is 5.82 Å². The van der Waals surface area contributed by atoms with Crippen molar-refractivity contribution in [2.75, 3.05) is 11.9 Å². The van der Waals surface area contributed by atoms with Crippen molar-refractivity contribution < 1.29 is 19.0 Å². The van der Waals surface area contributed by atoms with Crippen molar-refractivity contribution in [1.29, 1.82) is 0 Å². The fourth-order valence-corrected chi connectivity index (χ4v) is 3.44. The number of rotatable bonds is 8. The summed E-state index contributed by atoms with van der Waals surface area (Å²) in [7, 11) is 0. The van der Waals surface area contributed by atoms with Crippen molar-refractivity contribution in [2.45, 2.75) is 20.1 Å². The van der Waals surface area contributed by atoms with E-state index < -0.39 is 0 Å². The van der Waals surface area contributed by atoms with Crippen molar-refractivity contribution in [3.8, 4) is 17.2 Å². The second-order valence-corrected chi connectivity index (χ2v) is 7.57. The van der Waals surface area contributed by atoms with E-state index in [0.717, 1.165) is 5.56 Å². The Morgan fingerprint density at radius 2 is 1.57 bits per heavy atom. The molecule has 4 nitrogen and oxygen atoms in total. The minimum Gasteiger partial charge on any atom is -0.505 e. The van der Waals surface area contributed by atoms with Crippen LogP contribution in [0.3, 0.4) is 0 Å². The molecule has 0 bridgehead atoms. The minimum absolute atomic E-state index is 0.0468. The number of halogens is 4. The monoisotopic (exact) mass is 469 g/mol. The largest absolute Gasteiger partial charge is 0.505 e. The van der Waals surface area contributed by atoms with Gasteiger partial charge in [0.2, 0.25) is 0 Å². The lowest BCUT2D eigenvalue weighted by atomic mass is 10.2. The first-order valence-electron chi connectivity index (χ1n) is 9.12. The van der Waals surface area contributed by atoms with Crippen LogP contribution >= 0.6 is 34.8 Å². The molecule has 0 amide bonds. The van der Waals surface area contributed by atoms with Crippen LogP contribution in [0.4, 0.5) is 10.1 Å². The van der Waals surface area contributed by atoms with Gasteiger partial charge in [-0.15, -0.1) is 0 Å². The number of benzene rings is 3. The lowest BCUT2D eigenvalue weighted by Gasteiger charge is -2.16. The van der Waals surface area contributed by atoms with Crippen molar-refractivity contribution >= 4 is 40.5 Å². The highest BCUT2D eigenvalue weighted by atomic mass is 35.5. The first kappa shape index (κ1) is 22.3. The van der Waals surface area contributed by atoms with Gasteiger partial charge < -0.3 is 19.9 Å². The predicted molar refractivity (Wildman–Crippen MR) is 119 cm³/mol. The molecule has 0 spiro atoms. The topological polar surface area (TPSA) is 50.7 Å². The Morgan fingerprint density at radius 3 is 2.23 bits per heavy atom. The van der Waals surface area contributed by atoms with Crippen LogP contribution in [-0.2, 0) is 13.2 Å². The van der Waals surface area contributed by atoms with E-state index >= 15 is 0 Å². The van der Waals surface area contributed by atoms with E-state index in [-0.39, 0.29) is 28.2 Å². The molecule has 0 aliphatic heterocycles. The molecule has 0 radical (unpaired) electrons. The molecule has 0 aromatic heterocycles. The molecule has 0 atom stereocenters. The summed E-state index contributed by atoms with van der Waals surface area (Å²) in [6.07, 6.45) is 0. The predicted octanol–water partition coefficient (Wildman–Crippen LogP) is 7.08. The Hall–Kier alpha value is -2.34. The third kappa shape index (κ3) is 5.42. The third-order valence-electron chi connectivity index (χ3n) is 4.25. The molecule has 158 valence electrons. The second kappa shape index (κ2) is 10.1. The molecule has 0 aliphatic carbocycles. The number of nitrogens with one attached hydrogen (secondary N) is 1. The highest BCUT2D eigenvalue weighted by Crippen LogP contribution is 2.37. The zero-order valence-corrected chi connectivity index (χ0v) is 18.3. The molecule has 0 aliphatic rings. The summed E-state index contributed by atoms with van der Waals surface area (Å²) >= 11 is 18.3. The molecule has 3 rings (SSSR count). The average Bonchev–Trinajstić information content (AvgIpc) is 2.72. The summed E-state index contributed by atoms with van der Waals surface area (Å²) < 4.78 is 25.3. The molecule has 30 heavy (non-hydrogen) atoms. The van der Waals surface area contributed by atoms with Gasteiger partial charge in [0.25, 0.3) is 0 Å². The van der Waals surface area contributed by atoms with Crippen LogP contribution in [0.1, 0.15) is 18.1 Å². The van der Waals surface area contributed by atoms with Gasteiger partial charge in [-0.3, -0.25) is 0 Å². The lowest BCUT2D eigenvalue weighted by molar-refractivity contribution is 0.265. The number of anilines is 1. The summed E-state index contributed by atoms with van der Waals surface area (Å²) in [6.45, 7) is 2.68. The summed E-state index contributed by atoms with van der Waals surface area (Å²) in [4.78, 5) is 0. The van der Waals surface area contributed by atoms with Crippen molar-refractivity contribution in [2.24, 2.45) is 0 Å². The Morgan fingerprint density at radius 1 is 0.900 bits per heavy atom. The van der Waals surface area contributed by atoms with Gasteiger partial charge in [-0.25, -0.2) is 4.39 Å². The molecule has 8 heteroatoms. The van der Waals surface area contributed by atoms with E-state index in [0.29, 0.717) is 40.9 Å². The number of hydrogen-bond donors (Lipinski definition) is 2. The van der Waals surface area contributed by atoms with Gasteiger partial charge in [0.1, 0.15) is 12.4 Å². The maximum Gasteiger partial charge on any atom is 0.163 e. The highest BCUT2D eigenvalue weighted by Gasteiger charge is 2.13. The van der Waals surface area contributed by atoms with E-state index in [1.807, 2.05) is 6.92 Å². The molecular formula is C22H19Cl3FNO3. The van der Waals surface area contributed by atoms with Crippen LogP contribution in [0.15, 0.2) is 48.5 Å². The molecule has 2 N–H and O–H groups in total. The number of hydrogen-bond acceptors (Lipinski definition) is 4. The smallest absolute Gasteiger partial charge is 0.163 e. The SMILES string of the molecule is CCOc1cc(CNc2cc(Cl)c(O)c(Cl)c2)c(Cl)cc1OCc1ccccc1F. The molecule has 0 heterocycles. The second-order valence-electron chi connectivity index (χ2n) is 6.35. The quantitative estimate of drug-likeness (QED) is 0.345. The fourth-order valence-electron chi connectivity index (χ4n) is 2.73. The van der Waals surface area contributed by atoms with Gasteiger partial charge in [-0.05, 0) is 36.8 Å². The van der Waals surface area contributed by atoms with Crippen molar-refractivity contribution in [1.82, 2.24) is 0 Å². The zero-order valence-electron chi connectivity index (χ0n) is 16.0. The highest BCUT2D eigenvalue weighted by molar-refractivity contribution is 6.37. The van der Waals surface area contributed by atoms with E-state index in [2.05, 4.69) is 5.32 Å². The average molecular weight is 471 g/mol. The number of ether oxygens (including phenoxy) is 2. The van der Waals surface area contributed by atoms with Gasteiger partial charge >= 0.3 is 0 Å². The third-order valence-corrected chi connectivity index (χ3v) is 5.18. The molecular weight excluding hydrogens is 452 g/mol. The van der Waals surface area contributed by atoms with Crippen LogP contribution in [0.5, 0.6) is 17.2 Å². The lowest BCUT2D eigenvalue weighted by Crippen LogP contribution is -2.04. The standard InChI is InChI=1S/C22H19Cl3FNO3/c1-2-29-20-7-14(11-27-15-8-17(24)22(28)18(25)9-15)16(23)10-21(20)30-12-13-5-3-4-6-19(13)26/h3-10,27-28H,2,11-12H2,1H3. The first-order chi connectivity index (χ1) is 14.4. The summed E-state index contributed by atoms with van der Waals surface area (Å²) in [5.41, 5.74) is 1.80. The molecule has 3 aromatic carbocycles. The van der Waals surface area contributed by atoms with Crippen molar-refractivity contribution in [3.05, 3.63) is 80.5 Å². The van der Waals surface area contributed by atoms with Gasteiger partial charge in [-0.1, -0.05) is 53.0 Å². The molecule has 0 saturated heterocycles. The Kier molecular flexibility index (Phi) is 7.53. The van der Waals surface area contributed by atoms with Crippen molar-refractivity contribution in [3.63, 3.8) is 0 Å². The van der Waals surface area contributed by atoms with Crippen LogP contribution in [0.2, 0.25) is 15.1 Å². The molecule has 0 saturated carbocycles. The summed E-state index contributed by atoms with van der Waals surface area (Å²) in [5, 5.41) is 13.6. The van der Waals surface area contributed by atoms with Crippen LogP contribution in [-0.4, -0.2) is 11.7 Å². The maximum atomic E-state index is 13.8.